The van der Waals surface area contributed by atoms with Crippen molar-refractivity contribution in [1.29, 1.82) is 0 Å². The van der Waals surface area contributed by atoms with Gasteiger partial charge >= 0.3 is 5.97 Å². The monoisotopic (exact) mass is 377 g/mol. The van der Waals surface area contributed by atoms with Crippen LogP contribution < -0.4 is 4.90 Å². The molecule has 0 fully saturated rings. The highest BCUT2D eigenvalue weighted by atomic mass is 32.2. The molecule has 5 nitrogen and oxygen atoms in total. The molecule has 0 saturated heterocycles. The van der Waals surface area contributed by atoms with Crippen molar-refractivity contribution >= 4 is 45.8 Å². The van der Waals surface area contributed by atoms with Crippen LogP contribution in [0, 0.1) is 20.8 Å². The summed E-state index contributed by atoms with van der Waals surface area (Å²) >= 11 is 2.21. The molecule has 0 aliphatic carbocycles. The van der Waals surface area contributed by atoms with E-state index in [1.54, 1.807) is 17.5 Å². The molecule has 1 heterocycles. The van der Waals surface area contributed by atoms with Gasteiger partial charge in [0.1, 0.15) is 6.54 Å². The molecule has 0 aliphatic heterocycles. The number of carboxylic acids is 1. The zero-order valence-electron chi connectivity index (χ0n) is 14.2. The normalized spacial score (nSPS) is 10.5. The minimum atomic E-state index is -1.09. The number of carbonyl (C=O) groups is 3. The quantitative estimate of drug-likeness (QED) is 0.831. The molecule has 132 valence electrons. The Bertz CT molecular complexity index is 800. The van der Waals surface area contributed by atoms with E-state index in [0.717, 1.165) is 28.5 Å². The number of carbonyl (C=O) groups excluding carboxylic acids is 2. The number of carboxylic acid groups (broad SMARTS) is 1. The molecule has 1 aromatic carbocycles. The van der Waals surface area contributed by atoms with Gasteiger partial charge in [0.2, 0.25) is 11.0 Å². The van der Waals surface area contributed by atoms with E-state index in [-0.39, 0.29) is 10.9 Å². The lowest BCUT2D eigenvalue weighted by atomic mass is 10.0. The SMILES string of the molecule is Cc1ccc(C)c(N(CC(=O)O)C(=O)CSC(=O)c2cccs2)c1C. The standard InChI is InChI=1S/C18H19NO4S2/c1-11-6-7-12(2)17(13(11)3)19(9-16(21)22)15(20)10-25-18(23)14-5-4-8-24-14/h4-8H,9-10H2,1-3H3,(H,21,22). The molecule has 0 bridgehead atoms. The molecule has 0 radical (unpaired) electrons. The lowest BCUT2D eigenvalue weighted by Crippen LogP contribution is -2.38. The van der Waals surface area contributed by atoms with Gasteiger partial charge in [-0.15, -0.1) is 11.3 Å². The summed E-state index contributed by atoms with van der Waals surface area (Å²) in [5.41, 5.74) is 3.28. The zero-order valence-corrected chi connectivity index (χ0v) is 15.9. The summed E-state index contributed by atoms with van der Waals surface area (Å²) in [4.78, 5) is 37.8. The van der Waals surface area contributed by atoms with Crippen LogP contribution >= 0.6 is 23.1 Å². The van der Waals surface area contributed by atoms with E-state index >= 15 is 0 Å². The predicted octanol–water partition coefficient (Wildman–Crippen LogP) is 3.66. The first-order valence-electron chi connectivity index (χ1n) is 7.61. The molecule has 0 atom stereocenters. The number of benzene rings is 1. The molecular formula is C18H19NO4S2. The third kappa shape index (κ3) is 4.70. The van der Waals surface area contributed by atoms with Crippen molar-refractivity contribution in [1.82, 2.24) is 0 Å². The number of hydrogen-bond acceptors (Lipinski definition) is 5. The second-order valence-electron chi connectivity index (χ2n) is 5.60. The smallest absolute Gasteiger partial charge is 0.323 e. The third-order valence-corrected chi connectivity index (χ3v) is 5.69. The fourth-order valence-corrected chi connectivity index (χ4v) is 3.95. The summed E-state index contributed by atoms with van der Waals surface area (Å²) in [6.45, 7) is 5.19. The Kier molecular flexibility index (Phi) is 6.39. The van der Waals surface area contributed by atoms with Gasteiger partial charge in [0.15, 0.2) is 0 Å². The number of nitrogens with zero attached hydrogens (tertiary/aromatic N) is 1. The lowest BCUT2D eigenvalue weighted by molar-refractivity contribution is -0.136. The summed E-state index contributed by atoms with van der Waals surface area (Å²) in [6.07, 6.45) is 0. The van der Waals surface area contributed by atoms with Crippen molar-refractivity contribution in [2.75, 3.05) is 17.2 Å². The molecule has 2 rings (SSSR count). The van der Waals surface area contributed by atoms with Crippen LogP contribution in [-0.4, -0.2) is 34.4 Å². The van der Waals surface area contributed by atoms with Crippen LogP contribution in [0.5, 0.6) is 0 Å². The number of aryl methyl sites for hydroxylation is 2. The molecule has 1 amide bonds. The molecule has 0 aliphatic rings. The van der Waals surface area contributed by atoms with E-state index in [2.05, 4.69) is 0 Å². The minimum absolute atomic E-state index is 0.100. The molecule has 0 saturated carbocycles. The molecule has 0 spiro atoms. The Hall–Kier alpha value is -2.12. The average molecular weight is 377 g/mol. The van der Waals surface area contributed by atoms with Gasteiger partial charge in [0, 0.05) is 0 Å². The van der Waals surface area contributed by atoms with Crippen LogP contribution in [0.1, 0.15) is 26.4 Å². The van der Waals surface area contributed by atoms with E-state index < -0.39 is 18.4 Å². The van der Waals surface area contributed by atoms with Crippen LogP contribution in [0.3, 0.4) is 0 Å². The Balaban J connectivity index is 2.23. The van der Waals surface area contributed by atoms with Gasteiger partial charge in [0.05, 0.1) is 16.3 Å². The van der Waals surface area contributed by atoms with Crippen molar-refractivity contribution in [3.05, 3.63) is 51.2 Å². The summed E-state index contributed by atoms with van der Waals surface area (Å²) < 4.78 is 0. The van der Waals surface area contributed by atoms with E-state index in [1.165, 1.54) is 16.2 Å². The third-order valence-electron chi connectivity index (χ3n) is 3.82. The first kappa shape index (κ1) is 19.2. The maximum atomic E-state index is 12.7. The maximum absolute atomic E-state index is 12.7. The Morgan fingerprint density at radius 2 is 1.80 bits per heavy atom. The topological polar surface area (TPSA) is 74.7 Å². The van der Waals surface area contributed by atoms with Crippen LogP contribution in [0.2, 0.25) is 0 Å². The zero-order chi connectivity index (χ0) is 18.6. The molecule has 1 N–H and O–H groups in total. The second-order valence-corrected chi connectivity index (χ2v) is 7.50. The predicted molar refractivity (Wildman–Crippen MR) is 102 cm³/mol. The fourth-order valence-electron chi connectivity index (χ4n) is 2.45. The van der Waals surface area contributed by atoms with Gasteiger partial charge < -0.3 is 5.11 Å². The van der Waals surface area contributed by atoms with Crippen molar-refractivity contribution in [2.24, 2.45) is 0 Å². The van der Waals surface area contributed by atoms with Gasteiger partial charge in [-0.3, -0.25) is 19.3 Å². The molecule has 1 aromatic heterocycles. The number of aliphatic carboxylic acids is 1. The van der Waals surface area contributed by atoms with E-state index in [9.17, 15) is 19.5 Å². The van der Waals surface area contributed by atoms with Crippen molar-refractivity contribution in [3.63, 3.8) is 0 Å². The molecule has 25 heavy (non-hydrogen) atoms. The van der Waals surface area contributed by atoms with E-state index in [1.807, 2.05) is 32.9 Å². The number of thioether (sulfide) groups is 1. The van der Waals surface area contributed by atoms with Crippen LogP contribution in [0.4, 0.5) is 5.69 Å². The highest BCUT2D eigenvalue weighted by molar-refractivity contribution is 8.14. The molecule has 0 unspecified atom stereocenters. The summed E-state index contributed by atoms with van der Waals surface area (Å²) in [5.74, 6) is -1.59. The Morgan fingerprint density at radius 1 is 1.12 bits per heavy atom. The molecule has 7 heteroatoms. The number of rotatable bonds is 6. The highest BCUT2D eigenvalue weighted by Gasteiger charge is 2.24. The minimum Gasteiger partial charge on any atom is -0.480 e. The van der Waals surface area contributed by atoms with Crippen molar-refractivity contribution < 1.29 is 19.5 Å². The number of amides is 1. The summed E-state index contributed by atoms with van der Waals surface area (Å²) in [5, 5.41) is 10.8. The summed E-state index contributed by atoms with van der Waals surface area (Å²) in [7, 11) is 0. The largest absolute Gasteiger partial charge is 0.480 e. The van der Waals surface area contributed by atoms with Crippen LogP contribution in [0.15, 0.2) is 29.6 Å². The van der Waals surface area contributed by atoms with E-state index in [4.69, 9.17) is 0 Å². The second kappa shape index (κ2) is 8.31. The van der Waals surface area contributed by atoms with Crippen molar-refractivity contribution in [2.45, 2.75) is 20.8 Å². The van der Waals surface area contributed by atoms with Gasteiger partial charge in [0.25, 0.3) is 0 Å². The fraction of sp³-hybridized carbons (Fsp3) is 0.278. The van der Waals surface area contributed by atoms with Crippen molar-refractivity contribution in [3.8, 4) is 0 Å². The molecular weight excluding hydrogens is 358 g/mol. The number of anilines is 1. The average Bonchev–Trinajstić information content (AvgIpc) is 3.09. The van der Waals surface area contributed by atoms with Gasteiger partial charge in [-0.05, 0) is 48.9 Å². The molecule has 2 aromatic rings. The van der Waals surface area contributed by atoms with E-state index in [0.29, 0.717) is 10.6 Å². The first-order chi connectivity index (χ1) is 11.8. The number of hydrogen-bond donors (Lipinski definition) is 1. The van der Waals surface area contributed by atoms with Gasteiger partial charge in [-0.2, -0.15) is 0 Å². The lowest BCUT2D eigenvalue weighted by Gasteiger charge is -2.25. The highest BCUT2D eigenvalue weighted by Crippen LogP contribution is 2.28. The van der Waals surface area contributed by atoms with Crippen LogP contribution in [-0.2, 0) is 9.59 Å². The maximum Gasteiger partial charge on any atom is 0.323 e. The van der Waals surface area contributed by atoms with Gasteiger partial charge in [-0.25, -0.2) is 0 Å². The Labute approximate surface area is 154 Å². The van der Waals surface area contributed by atoms with Gasteiger partial charge in [-0.1, -0.05) is 30.0 Å². The number of thiophene rings is 1. The first-order valence-corrected chi connectivity index (χ1v) is 9.47. The Morgan fingerprint density at radius 3 is 2.40 bits per heavy atom. The summed E-state index contributed by atoms with van der Waals surface area (Å²) in [6, 6.07) is 7.28. The van der Waals surface area contributed by atoms with Crippen LogP contribution in [0.25, 0.3) is 0 Å².